The smallest absolute Gasteiger partial charge is 0.109 e. The van der Waals surface area contributed by atoms with Crippen molar-refractivity contribution in [1.82, 2.24) is 29.6 Å². The minimum absolute atomic E-state index is 0.213. The van der Waals surface area contributed by atoms with Crippen LogP contribution in [0.25, 0.3) is 16.6 Å². The summed E-state index contributed by atoms with van der Waals surface area (Å²) in [4.78, 5) is 9.33. The molecule has 1 saturated heterocycles. The maximum atomic E-state index is 4.59. The largest absolute Gasteiger partial charge is 0.295 e. The van der Waals surface area contributed by atoms with Gasteiger partial charge in [-0.15, -0.1) is 5.10 Å². The van der Waals surface area contributed by atoms with Crippen molar-refractivity contribution in [2.24, 2.45) is 0 Å². The van der Waals surface area contributed by atoms with Crippen molar-refractivity contribution in [3.05, 3.63) is 83.9 Å². The summed E-state index contributed by atoms with van der Waals surface area (Å²) in [6.07, 6.45) is 3.94. The van der Waals surface area contributed by atoms with Crippen LogP contribution in [0.2, 0.25) is 0 Å². The molecule has 0 saturated carbocycles. The van der Waals surface area contributed by atoms with Crippen LogP contribution < -0.4 is 0 Å². The highest BCUT2D eigenvalue weighted by Gasteiger charge is 2.29. The highest BCUT2D eigenvalue weighted by Crippen LogP contribution is 2.28. The van der Waals surface area contributed by atoms with E-state index in [1.165, 1.54) is 11.1 Å². The molecule has 0 bridgehead atoms. The Labute approximate surface area is 176 Å². The first-order chi connectivity index (χ1) is 14.7. The van der Waals surface area contributed by atoms with Gasteiger partial charge < -0.3 is 0 Å². The normalized spacial score (nSPS) is 18.1. The summed E-state index contributed by atoms with van der Waals surface area (Å²) in [6, 6.07) is 19.2. The molecule has 5 rings (SSSR count). The van der Waals surface area contributed by atoms with E-state index in [9.17, 15) is 0 Å². The standard InChI is InChI=1S/C24H26N6/c1-18-6-8-19(9-7-18)20-10-11-22-24(26-27-30(22)15-20)23-17-29(14-13-28(23)2)16-21-5-3-4-12-25-21/h3-12,15,23H,13-14,16-17H2,1-2H3/t23-/m1/s1. The zero-order valence-corrected chi connectivity index (χ0v) is 17.4. The van der Waals surface area contributed by atoms with Gasteiger partial charge >= 0.3 is 0 Å². The fourth-order valence-corrected chi connectivity index (χ4v) is 4.16. The van der Waals surface area contributed by atoms with Gasteiger partial charge in [-0.3, -0.25) is 14.8 Å². The third kappa shape index (κ3) is 3.72. The van der Waals surface area contributed by atoms with Crippen molar-refractivity contribution in [1.29, 1.82) is 0 Å². The lowest BCUT2D eigenvalue weighted by molar-refractivity contribution is 0.0881. The number of hydrogen-bond donors (Lipinski definition) is 0. The summed E-state index contributed by atoms with van der Waals surface area (Å²) in [5.74, 6) is 0. The number of aryl methyl sites for hydroxylation is 1. The monoisotopic (exact) mass is 398 g/mol. The van der Waals surface area contributed by atoms with Crippen LogP contribution >= 0.6 is 0 Å². The van der Waals surface area contributed by atoms with Gasteiger partial charge in [0.1, 0.15) is 5.69 Å². The van der Waals surface area contributed by atoms with Gasteiger partial charge in [-0.25, -0.2) is 4.52 Å². The molecule has 6 heteroatoms. The zero-order chi connectivity index (χ0) is 20.5. The predicted molar refractivity (Wildman–Crippen MR) is 118 cm³/mol. The van der Waals surface area contributed by atoms with E-state index in [1.807, 2.05) is 22.8 Å². The quantitative estimate of drug-likeness (QED) is 0.526. The van der Waals surface area contributed by atoms with E-state index >= 15 is 0 Å². The number of likely N-dealkylation sites (N-methyl/N-ethyl adjacent to an activating group) is 1. The van der Waals surface area contributed by atoms with Crippen molar-refractivity contribution < 1.29 is 0 Å². The number of fused-ring (bicyclic) bond motifs is 1. The number of aromatic nitrogens is 4. The molecule has 0 spiro atoms. The van der Waals surface area contributed by atoms with Crippen LogP contribution in [0, 0.1) is 6.92 Å². The van der Waals surface area contributed by atoms with Crippen molar-refractivity contribution >= 4 is 5.52 Å². The average Bonchev–Trinajstić information content (AvgIpc) is 3.19. The molecule has 0 aliphatic carbocycles. The predicted octanol–water partition coefficient (Wildman–Crippen LogP) is 3.59. The number of benzene rings is 1. The summed E-state index contributed by atoms with van der Waals surface area (Å²) in [5, 5.41) is 9.04. The van der Waals surface area contributed by atoms with Gasteiger partial charge in [0.2, 0.25) is 0 Å². The Bertz CT molecular complexity index is 1140. The third-order valence-electron chi connectivity index (χ3n) is 5.98. The average molecular weight is 399 g/mol. The van der Waals surface area contributed by atoms with Crippen molar-refractivity contribution in [3.8, 4) is 11.1 Å². The van der Waals surface area contributed by atoms with Crippen molar-refractivity contribution in [3.63, 3.8) is 0 Å². The van der Waals surface area contributed by atoms with Crippen molar-refractivity contribution in [2.45, 2.75) is 19.5 Å². The number of pyridine rings is 2. The fraction of sp³-hybridized carbons (Fsp3) is 0.292. The third-order valence-corrected chi connectivity index (χ3v) is 5.98. The first-order valence-electron chi connectivity index (χ1n) is 10.4. The molecule has 4 aromatic rings. The lowest BCUT2D eigenvalue weighted by Gasteiger charge is -2.38. The summed E-state index contributed by atoms with van der Waals surface area (Å²) in [6.45, 7) is 5.91. The Morgan fingerprint density at radius 2 is 1.80 bits per heavy atom. The minimum atomic E-state index is 0.213. The van der Waals surface area contributed by atoms with E-state index in [0.717, 1.165) is 48.6 Å². The van der Waals surface area contributed by atoms with Crippen LogP contribution in [0.5, 0.6) is 0 Å². The van der Waals surface area contributed by atoms with Gasteiger partial charge in [0.25, 0.3) is 0 Å². The highest BCUT2D eigenvalue weighted by atomic mass is 15.4. The Morgan fingerprint density at radius 1 is 0.967 bits per heavy atom. The molecular weight excluding hydrogens is 372 g/mol. The lowest BCUT2D eigenvalue weighted by Crippen LogP contribution is -2.46. The SMILES string of the molecule is Cc1ccc(-c2ccc3c([C@H]4CN(Cc5ccccn5)CCN4C)nnn3c2)cc1. The maximum absolute atomic E-state index is 4.59. The van der Waals surface area contributed by atoms with Gasteiger partial charge in [0.05, 0.1) is 17.3 Å². The molecule has 0 amide bonds. The van der Waals surface area contributed by atoms with Gasteiger partial charge in [-0.1, -0.05) is 47.2 Å². The van der Waals surface area contributed by atoms with Gasteiger partial charge in [0.15, 0.2) is 0 Å². The molecule has 1 aliphatic heterocycles. The molecule has 1 atom stereocenters. The number of nitrogens with zero attached hydrogens (tertiary/aromatic N) is 6. The topological polar surface area (TPSA) is 49.6 Å². The zero-order valence-electron chi connectivity index (χ0n) is 17.4. The molecule has 1 aromatic carbocycles. The molecule has 6 nitrogen and oxygen atoms in total. The molecule has 1 aliphatic rings. The summed E-state index contributed by atoms with van der Waals surface area (Å²) in [7, 11) is 2.18. The van der Waals surface area contributed by atoms with Crippen LogP contribution in [0.15, 0.2) is 67.0 Å². The molecule has 0 unspecified atom stereocenters. The minimum Gasteiger partial charge on any atom is -0.295 e. The molecule has 0 radical (unpaired) electrons. The summed E-state index contributed by atoms with van der Waals surface area (Å²) < 4.78 is 1.91. The fourth-order valence-electron chi connectivity index (χ4n) is 4.16. The Morgan fingerprint density at radius 3 is 2.60 bits per heavy atom. The highest BCUT2D eigenvalue weighted by molar-refractivity contribution is 5.66. The first kappa shape index (κ1) is 18.9. The molecule has 3 aromatic heterocycles. The van der Waals surface area contributed by atoms with E-state index in [2.05, 4.69) is 87.7 Å². The molecular formula is C24H26N6. The Balaban J connectivity index is 1.41. The Hall–Kier alpha value is -3.09. The molecule has 0 N–H and O–H groups in total. The van der Waals surface area contributed by atoms with Gasteiger partial charge in [-0.05, 0) is 37.7 Å². The van der Waals surface area contributed by atoms with E-state index in [1.54, 1.807) is 0 Å². The van der Waals surface area contributed by atoms with E-state index in [0.29, 0.717) is 0 Å². The second kappa shape index (κ2) is 7.97. The maximum Gasteiger partial charge on any atom is 0.109 e. The number of hydrogen-bond acceptors (Lipinski definition) is 5. The summed E-state index contributed by atoms with van der Waals surface area (Å²) >= 11 is 0. The first-order valence-corrected chi connectivity index (χ1v) is 10.4. The van der Waals surface area contributed by atoms with Crippen LogP contribution in [0.4, 0.5) is 0 Å². The van der Waals surface area contributed by atoms with Gasteiger partial charge in [-0.2, -0.15) is 0 Å². The van der Waals surface area contributed by atoms with E-state index < -0.39 is 0 Å². The van der Waals surface area contributed by atoms with E-state index in [4.69, 9.17) is 0 Å². The molecule has 1 fully saturated rings. The van der Waals surface area contributed by atoms with Crippen LogP contribution in [0.3, 0.4) is 0 Å². The van der Waals surface area contributed by atoms with Crippen LogP contribution in [0.1, 0.15) is 23.0 Å². The van der Waals surface area contributed by atoms with Gasteiger partial charge in [0, 0.05) is 44.1 Å². The summed E-state index contributed by atoms with van der Waals surface area (Å²) in [5.41, 5.74) is 6.82. The molecule has 4 heterocycles. The van der Waals surface area contributed by atoms with Crippen LogP contribution in [-0.2, 0) is 6.54 Å². The van der Waals surface area contributed by atoms with Crippen LogP contribution in [-0.4, -0.2) is 56.3 Å². The molecule has 152 valence electrons. The van der Waals surface area contributed by atoms with E-state index in [-0.39, 0.29) is 6.04 Å². The molecule has 30 heavy (non-hydrogen) atoms. The lowest BCUT2D eigenvalue weighted by atomic mass is 10.0. The second-order valence-corrected chi connectivity index (χ2v) is 8.14. The number of piperazine rings is 1. The Kier molecular flexibility index (Phi) is 5.02. The van der Waals surface area contributed by atoms with Crippen molar-refractivity contribution in [2.75, 3.05) is 26.7 Å². The number of rotatable bonds is 4. The second-order valence-electron chi connectivity index (χ2n) is 8.14.